The van der Waals surface area contributed by atoms with Crippen molar-refractivity contribution in [3.8, 4) is 0 Å². The number of benzene rings is 1. The number of guanidine groups is 1. The highest BCUT2D eigenvalue weighted by Gasteiger charge is 2.16. The summed E-state index contributed by atoms with van der Waals surface area (Å²) in [7, 11) is 3.77. The van der Waals surface area contributed by atoms with Crippen molar-refractivity contribution in [1.82, 2.24) is 10.2 Å². The number of hydrogen-bond donors (Lipinski definition) is 1. The Balaban J connectivity index is 0.00000242. The van der Waals surface area contributed by atoms with Crippen LogP contribution in [-0.2, 0) is 11.3 Å². The van der Waals surface area contributed by atoms with Gasteiger partial charge in [0.2, 0.25) is 0 Å². The first kappa shape index (κ1) is 19.8. The van der Waals surface area contributed by atoms with E-state index in [-0.39, 0.29) is 24.0 Å². The summed E-state index contributed by atoms with van der Waals surface area (Å²) in [5, 5.41) is 4.50. The van der Waals surface area contributed by atoms with Gasteiger partial charge in [0.15, 0.2) is 5.96 Å². The summed E-state index contributed by atoms with van der Waals surface area (Å²) < 4.78 is 5.61. The number of ether oxygens (including phenoxy) is 1. The second-order valence-electron chi connectivity index (χ2n) is 5.17. The minimum atomic E-state index is 0. The highest BCUT2D eigenvalue weighted by atomic mass is 127. The van der Waals surface area contributed by atoms with E-state index in [1.807, 2.05) is 25.2 Å². The van der Waals surface area contributed by atoms with Gasteiger partial charge in [-0.05, 0) is 30.5 Å². The Hall–Kier alpha value is -0.240. The molecule has 0 aliphatic carbocycles. The zero-order chi connectivity index (χ0) is 15.2. The van der Waals surface area contributed by atoms with E-state index in [2.05, 4.69) is 15.2 Å². The average molecular weight is 458 g/mol. The summed E-state index contributed by atoms with van der Waals surface area (Å²) in [6.45, 7) is 2.37. The maximum Gasteiger partial charge on any atom is 0.193 e. The molecule has 0 amide bonds. The largest absolute Gasteiger partial charge is 0.376 e. The fourth-order valence-corrected chi connectivity index (χ4v) is 2.70. The zero-order valence-corrected chi connectivity index (χ0v) is 16.7. The van der Waals surface area contributed by atoms with Crippen LogP contribution < -0.4 is 5.32 Å². The zero-order valence-electron chi connectivity index (χ0n) is 12.8. The maximum absolute atomic E-state index is 6.05. The van der Waals surface area contributed by atoms with E-state index in [4.69, 9.17) is 27.9 Å². The van der Waals surface area contributed by atoms with Crippen LogP contribution in [0.5, 0.6) is 0 Å². The molecular formula is C15H22Cl2IN3O. The van der Waals surface area contributed by atoms with E-state index in [9.17, 15) is 0 Å². The summed E-state index contributed by atoms with van der Waals surface area (Å²) in [5.41, 5.74) is 1.09. The summed E-state index contributed by atoms with van der Waals surface area (Å²) >= 11 is 12.0. The van der Waals surface area contributed by atoms with Crippen molar-refractivity contribution < 1.29 is 4.74 Å². The Morgan fingerprint density at radius 3 is 2.77 bits per heavy atom. The van der Waals surface area contributed by atoms with Crippen LogP contribution in [0.1, 0.15) is 18.4 Å². The summed E-state index contributed by atoms with van der Waals surface area (Å²) in [5.74, 6) is 0.844. The van der Waals surface area contributed by atoms with Gasteiger partial charge in [0.05, 0.1) is 16.1 Å². The molecule has 1 aliphatic rings. The van der Waals surface area contributed by atoms with Gasteiger partial charge in [-0.25, -0.2) is 0 Å². The van der Waals surface area contributed by atoms with Crippen molar-refractivity contribution >= 4 is 53.1 Å². The van der Waals surface area contributed by atoms with E-state index >= 15 is 0 Å². The van der Waals surface area contributed by atoms with Gasteiger partial charge in [-0.15, -0.1) is 24.0 Å². The lowest BCUT2D eigenvalue weighted by atomic mass is 10.2. The first-order chi connectivity index (χ1) is 10.1. The molecule has 0 spiro atoms. The number of nitrogens with one attached hydrogen (secondary N) is 1. The Bertz CT molecular complexity index is 508. The molecule has 22 heavy (non-hydrogen) atoms. The summed E-state index contributed by atoms with van der Waals surface area (Å²) in [6, 6.07) is 5.67. The van der Waals surface area contributed by atoms with Crippen LogP contribution in [0.3, 0.4) is 0 Å². The number of rotatable bonds is 4. The van der Waals surface area contributed by atoms with Gasteiger partial charge >= 0.3 is 0 Å². The van der Waals surface area contributed by atoms with Crippen LogP contribution in [0.2, 0.25) is 10.0 Å². The minimum Gasteiger partial charge on any atom is -0.376 e. The first-order valence-corrected chi connectivity index (χ1v) is 7.83. The van der Waals surface area contributed by atoms with Crippen LogP contribution in [0.4, 0.5) is 0 Å². The maximum atomic E-state index is 6.05. The number of nitrogens with zero attached hydrogens (tertiary/aromatic N) is 2. The molecule has 1 aromatic rings. The van der Waals surface area contributed by atoms with E-state index in [1.54, 1.807) is 7.05 Å². The fraction of sp³-hybridized carbons (Fsp3) is 0.533. The van der Waals surface area contributed by atoms with Gasteiger partial charge in [0, 0.05) is 33.8 Å². The normalized spacial score (nSPS) is 18.0. The predicted molar refractivity (Wildman–Crippen MR) is 104 cm³/mol. The van der Waals surface area contributed by atoms with Crippen molar-refractivity contribution in [2.45, 2.75) is 25.5 Å². The molecule has 1 unspecified atom stereocenters. The van der Waals surface area contributed by atoms with E-state index in [0.717, 1.165) is 37.5 Å². The fourth-order valence-electron chi connectivity index (χ4n) is 2.38. The Kier molecular flexibility index (Phi) is 8.82. The SMILES string of the molecule is CN=C(NCC1CCCO1)N(C)Cc1ccc(Cl)c(Cl)c1.I. The third kappa shape index (κ3) is 5.76. The standard InChI is InChI=1S/C15H21Cl2N3O.HI/c1-18-15(19-9-12-4-3-7-21-12)20(2)10-11-5-6-13(16)14(17)8-11;/h5-6,8,12H,3-4,7,9-10H2,1-2H3,(H,18,19);1H. The predicted octanol–water partition coefficient (Wildman–Crippen LogP) is 3.80. The van der Waals surface area contributed by atoms with E-state index < -0.39 is 0 Å². The molecule has 2 rings (SSSR count). The number of hydrogen-bond acceptors (Lipinski definition) is 2. The Labute approximate surface area is 159 Å². The molecule has 1 aliphatic heterocycles. The lowest BCUT2D eigenvalue weighted by Gasteiger charge is -2.23. The van der Waals surface area contributed by atoms with E-state index in [0.29, 0.717) is 22.7 Å². The lowest BCUT2D eigenvalue weighted by molar-refractivity contribution is 0.113. The molecule has 1 fully saturated rings. The van der Waals surface area contributed by atoms with Gasteiger partial charge in [-0.1, -0.05) is 29.3 Å². The second kappa shape index (κ2) is 9.80. The summed E-state index contributed by atoms with van der Waals surface area (Å²) in [4.78, 5) is 6.35. The van der Waals surface area contributed by atoms with Crippen molar-refractivity contribution in [2.24, 2.45) is 4.99 Å². The average Bonchev–Trinajstić information content (AvgIpc) is 2.97. The van der Waals surface area contributed by atoms with Crippen LogP contribution in [0, 0.1) is 0 Å². The van der Waals surface area contributed by atoms with Gasteiger partial charge in [0.1, 0.15) is 0 Å². The monoisotopic (exact) mass is 457 g/mol. The van der Waals surface area contributed by atoms with Crippen LogP contribution in [0.25, 0.3) is 0 Å². The van der Waals surface area contributed by atoms with Crippen molar-refractivity contribution in [3.63, 3.8) is 0 Å². The van der Waals surface area contributed by atoms with Crippen LogP contribution >= 0.6 is 47.2 Å². The van der Waals surface area contributed by atoms with Crippen LogP contribution in [0.15, 0.2) is 23.2 Å². The Morgan fingerprint density at radius 1 is 1.41 bits per heavy atom. The molecule has 0 aromatic heterocycles. The third-order valence-corrected chi connectivity index (χ3v) is 4.23. The molecular weight excluding hydrogens is 436 g/mol. The van der Waals surface area contributed by atoms with Crippen LogP contribution in [-0.4, -0.2) is 44.2 Å². The molecule has 0 saturated carbocycles. The minimum absolute atomic E-state index is 0. The lowest BCUT2D eigenvalue weighted by Crippen LogP contribution is -2.41. The molecule has 1 N–H and O–H groups in total. The topological polar surface area (TPSA) is 36.9 Å². The van der Waals surface area contributed by atoms with Gasteiger partial charge in [0.25, 0.3) is 0 Å². The molecule has 1 atom stereocenters. The Morgan fingerprint density at radius 2 is 2.18 bits per heavy atom. The highest BCUT2D eigenvalue weighted by molar-refractivity contribution is 14.0. The molecule has 124 valence electrons. The first-order valence-electron chi connectivity index (χ1n) is 7.07. The molecule has 4 nitrogen and oxygen atoms in total. The molecule has 0 radical (unpaired) electrons. The quantitative estimate of drug-likeness (QED) is 0.424. The summed E-state index contributed by atoms with van der Waals surface area (Å²) in [6.07, 6.45) is 2.55. The van der Waals surface area contributed by atoms with Crippen molar-refractivity contribution in [2.75, 3.05) is 27.2 Å². The molecule has 0 bridgehead atoms. The molecule has 7 heteroatoms. The van der Waals surface area contributed by atoms with E-state index in [1.165, 1.54) is 0 Å². The van der Waals surface area contributed by atoms with Gasteiger partial charge < -0.3 is 15.0 Å². The molecule has 1 saturated heterocycles. The third-order valence-electron chi connectivity index (χ3n) is 3.49. The van der Waals surface area contributed by atoms with Gasteiger partial charge in [-0.3, -0.25) is 4.99 Å². The smallest absolute Gasteiger partial charge is 0.193 e. The number of halogens is 3. The molecule has 1 heterocycles. The highest BCUT2D eigenvalue weighted by Crippen LogP contribution is 2.23. The molecule has 1 aromatic carbocycles. The van der Waals surface area contributed by atoms with Crippen molar-refractivity contribution in [1.29, 1.82) is 0 Å². The number of aliphatic imine (C=N–C) groups is 1. The van der Waals surface area contributed by atoms with Gasteiger partial charge in [-0.2, -0.15) is 0 Å². The second-order valence-corrected chi connectivity index (χ2v) is 5.98. The van der Waals surface area contributed by atoms with Crippen molar-refractivity contribution in [3.05, 3.63) is 33.8 Å².